The zero-order chi connectivity index (χ0) is 20.7. The number of hydrogen-bond acceptors (Lipinski definition) is 2. The monoisotopic (exact) mass is 425 g/mol. The lowest BCUT2D eigenvalue weighted by Crippen LogP contribution is -2.53. The van der Waals surface area contributed by atoms with Gasteiger partial charge in [0.2, 0.25) is 0 Å². The number of nitrogens with zero attached hydrogens (tertiary/aromatic N) is 2. The summed E-state index contributed by atoms with van der Waals surface area (Å²) in [7, 11) is 0. The minimum atomic E-state index is 0.0598. The van der Waals surface area contributed by atoms with Crippen molar-refractivity contribution in [1.29, 1.82) is 0 Å². The minimum Gasteiger partial charge on any atom is -0.335 e. The molecule has 30 heavy (non-hydrogen) atoms. The molecular formula is C24H28ClN3O2. The fourth-order valence-corrected chi connectivity index (χ4v) is 5.60. The third kappa shape index (κ3) is 3.76. The maximum Gasteiger partial charge on any atom is 0.317 e. The maximum absolute atomic E-state index is 13.2. The number of benzene rings is 1. The Morgan fingerprint density at radius 1 is 0.967 bits per heavy atom. The van der Waals surface area contributed by atoms with E-state index in [-0.39, 0.29) is 17.5 Å². The first-order chi connectivity index (χ1) is 14.6. The molecule has 1 aromatic heterocycles. The standard InChI is InChI=1S/C24H28ClN3O2/c25-19-8-6-17(7-9-19)21-10-11-22-18-12-16(14-28(22)23(21)29)13-27(15-18)24(30)26-20-4-2-1-3-5-20/h6-11,16,18,20H,1-5,12-15H2,(H,26,30). The van der Waals surface area contributed by atoms with Crippen LogP contribution in [0.5, 0.6) is 0 Å². The lowest BCUT2D eigenvalue weighted by molar-refractivity contribution is 0.127. The lowest BCUT2D eigenvalue weighted by atomic mass is 9.83. The summed E-state index contributed by atoms with van der Waals surface area (Å²) in [6.07, 6.45) is 6.94. The number of nitrogens with one attached hydrogen (secondary N) is 1. The first kappa shape index (κ1) is 19.7. The number of fused-ring (bicyclic) bond motifs is 4. The van der Waals surface area contributed by atoms with Crippen LogP contribution < -0.4 is 10.9 Å². The molecule has 0 spiro atoms. The predicted octanol–water partition coefficient (Wildman–Crippen LogP) is 4.63. The van der Waals surface area contributed by atoms with Crippen LogP contribution in [0.1, 0.15) is 50.1 Å². The number of carbonyl (C=O) groups is 1. The molecule has 1 aromatic carbocycles. The van der Waals surface area contributed by atoms with E-state index in [1.54, 1.807) is 0 Å². The topological polar surface area (TPSA) is 54.3 Å². The number of amides is 2. The van der Waals surface area contributed by atoms with Gasteiger partial charge in [0.25, 0.3) is 5.56 Å². The van der Waals surface area contributed by atoms with Crippen LogP contribution in [-0.4, -0.2) is 34.6 Å². The molecule has 2 amide bonds. The van der Waals surface area contributed by atoms with Crippen molar-refractivity contribution in [2.75, 3.05) is 13.1 Å². The summed E-state index contributed by atoms with van der Waals surface area (Å²) in [4.78, 5) is 28.1. The highest BCUT2D eigenvalue weighted by molar-refractivity contribution is 6.30. The molecule has 1 saturated carbocycles. The van der Waals surface area contributed by atoms with E-state index in [1.165, 1.54) is 19.3 Å². The van der Waals surface area contributed by atoms with Crippen LogP contribution in [0.4, 0.5) is 4.79 Å². The van der Waals surface area contributed by atoms with Crippen LogP contribution in [0.15, 0.2) is 41.2 Å². The van der Waals surface area contributed by atoms with E-state index < -0.39 is 0 Å². The Morgan fingerprint density at radius 3 is 2.50 bits per heavy atom. The Labute approximate surface area is 182 Å². The molecule has 5 nitrogen and oxygen atoms in total. The first-order valence-electron chi connectivity index (χ1n) is 11.1. The molecule has 158 valence electrons. The number of hydrogen-bond donors (Lipinski definition) is 1. The number of likely N-dealkylation sites (tertiary alicyclic amines) is 1. The first-order valence-corrected chi connectivity index (χ1v) is 11.5. The summed E-state index contributed by atoms with van der Waals surface area (Å²) in [6.45, 7) is 2.10. The van der Waals surface area contributed by atoms with Gasteiger partial charge in [-0.05, 0) is 55.0 Å². The fourth-order valence-electron chi connectivity index (χ4n) is 5.47. The van der Waals surface area contributed by atoms with Crippen molar-refractivity contribution >= 4 is 17.6 Å². The van der Waals surface area contributed by atoms with Crippen molar-refractivity contribution in [3.63, 3.8) is 0 Å². The molecule has 2 atom stereocenters. The number of rotatable bonds is 2. The van der Waals surface area contributed by atoms with Crippen molar-refractivity contribution in [3.05, 3.63) is 57.5 Å². The van der Waals surface area contributed by atoms with Crippen molar-refractivity contribution in [1.82, 2.24) is 14.8 Å². The largest absolute Gasteiger partial charge is 0.335 e. The zero-order valence-corrected chi connectivity index (χ0v) is 17.9. The molecule has 2 fully saturated rings. The molecule has 1 saturated heterocycles. The third-order valence-corrected chi connectivity index (χ3v) is 7.23. The molecule has 2 aromatic rings. The summed E-state index contributed by atoms with van der Waals surface area (Å²) in [5.74, 6) is 0.549. The number of carbonyl (C=O) groups excluding carboxylic acids is 1. The molecule has 2 bridgehead atoms. The third-order valence-electron chi connectivity index (χ3n) is 6.98. The number of pyridine rings is 1. The molecule has 2 unspecified atom stereocenters. The van der Waals surface area contributed by atoms with E-state index in [1.807, 2.05) is 39.8 Å². The molecule has 5 rings (SSSR count). The molecule has 3 heterocycles. The van der Waals surface area contributed by atoms with Gasteiger partial charge in [-0.2, -0.15) is 0 Å². The fraction of sp³-hybridized carbons (Fsp3) is 0.500. The highest BCUT2D eigenvalue weighted by atomic mass is 35.5. The second-order valence-corrected chi connectivity index (χ2v) is 9.52. The van der Waals surface area contributed by atoms with Crippen LogP contribution in [0.2, 0.25) is 5.02 Å². The van der Waals surface area contributed by atoms with Gasteiger partial charge in [0.1, 0.15) is 0 Å². The summed E-state index contributed by atoms with van der Waals surface area (Å²) in [5.41, 5.74) is 2.72. The van der Waals surface area contributed by atoms with Gasteiger partial charge in [-0.25, -0.2) is 4.79 Å². The molecular weight excluding hydrogens is 398 g/mol. The average Bonchev–Trinajstić information content (AvgIpc) is 2.76. The predicted molar refractivity (Wildman–Crippen MR) is 119 cm³/mol. The number of urea groups is 1. The lowest BCUT2D eigenvalue weighted by Gasteiger charge is -2.43. The summed E-state index contributed by atoms with van der Waals surface area (Å²) in [5, 5.41) is 3.92. The molecule has 2 aliphatic heterocycles. The van der Waals surface area contributed by atoms with E-state index in [2.05, 4.69) is 11.4 Å². The van der Waals surface area contributed by atoms with Crippen LogP contribution in [0, 0.1) is 5.92 Å². The van der Waals surface area contributed by atoms with Crippen LogP contribution >= 0.6 is 11.6 Å². The van der Waals surface area contributed by atoms with Gasteiger partial charge in [-0.3, -0.25) is 4.79 Å². The van der Waals surface area contributed by atoms with Gasteiger partial charge in [0.15, 0.2) is 0 Å². The molecule has 6 heteroatoms. The maximum atomic E-state index is 13.2. The molecule has 0 radical (unpaired) electrons. The Morgan fingerprint density at radius 2 is 1.73 bits per heavy atom. The molecule has 1 aliphatic carbocycles. The highest BCUT2D eigenvalue weighted by Crippen LogP contribution is 2.36. The number of halogens is 1. The van der Waals surface area contributed by atoms with Gasteiger partial charge in [-0.15, -0.1) is 0 Å². The normalized spacial score (nSPS) is 23.7. The Hall–Kier alpha value is -2.27. The Kier molecular flexibility index (Phi) is 5.32. The van der Waals surface area contributed by atoms with Crippen molar-refractivity contribution in [2.24, 2.45) is 5.92 Å². The number of aromatic nitrogens is 1. The van der Waals surface area contributed by atoms with Crippen molar-refractivity contribution in [2.45, 2.75) is 57.0 Å². The SMILES string of the molecule is O=C(NC1CCCCC1)N1CC2CC(C1)c1ccc(-c3ccc(Cl)cc3)c(=O)n1C2. The molecule has 1 N–H and O–H groups in total. The Balaban J connectivity index is 1.36. The second kappa shape index (κ2) is 8.10. The van der Waals surface area contributed by atoms with Crippen LogP contribution in [-0.2, 0) is 6.54 Å². The van der Waals surface area contributed by atoms with Gasteiger partial charge in [0.05, 0.1) is 0 Å². The smallest absolute Gasteiger partial charge is 0.317 e. The van der Waals surface area contributed by atoms with Crippen molar-refractivity contribution < 1.29 is 4.79 Å². The quantitative estimate of drug-likeness (QED) is 0.762. The zero-order valence-electron chi connectivity index (χ0n) is 17.1. The van der Waals surface area contributed by atoms with E-state index in [9.17, 15) is 9.59 Å². The van der Waals surface area contributed by atoms with Gasteiger partial charge >= 0.3 is 6.03 Å². The minimum absolute atomic E-state index is 0.0598. The van der Waals surface area contributed by atoms with Gasteiger partial charge in [0, 0.05) is 47.9 Å². The summed E-state index contributed by atoms with van der Waals surface area (Å²) in [6, 6.07) is 11.8. The van der Waals surface area contributed by atoms with E-state index in [4.69, 9.17) is 11.6 Å². The number of piperidine rings is 1. The van der Waals surface area contributed by atoms with E-state index >= 15 is 0 Å². The van der Waals surface area contributed by atoms with Gasteiger partial charge in [-0.1, -0.05) is 43.0 Å². The average molecular weight is 426 g/mol. The molecule has 3 aliphatic rings. The Bertz CT molecular complexity index is 995. The van der Waals surface area contributed by atoms with Crippen molar-refractivity contribution in [3.8, 4) is 11.1 Å². The van der Waals surface area contributed by atoms with Crippen LogP contribution in [0.25, 0.3) is 11.1 Å². The summed E-state index contributed by atoms with van der Waals surface area (Å²) >= 11 is 6.00. The van der Waals surface area contributed by atoms with E-state index in [0.29, 0.717) is 35.6 Å². The summed E-state index contributed by atoms with van der Waals surface area (Å²) < 4.78 is 1.94. The van der Waals surface area contributed by atoms with E-state index in [0.717, 1.165) is 37.1 Å². The highest BCUT2D eigenvalue weighted by Gasteiger charge is 2.37. The van der Waals surface area contributed by atoms with Gasteiger partial charge < -0.3 is 14.8 Å². The second-order valence-electron chi connectivity index (χ2n) is 9.08. The van der Waals surface area contributed by atoms with Crippen LogP contribution in [0.3, 0.4) is 0 Å².